The first kappa shape index (κ1) is 25.0. The number of ether oxygens (including phenoxy) is 2. The molecule has 1 saturated carbocycles. The zero-order chi connectivity index (χ0) is 26.8. The summed E-state index contributed by atoms with van der Waals surface area (Å²) in [6.07, 6.45) is 8.00. The van der Waals surface area contributed by atoms with Gasteiger partial charge in [0.1, 0.15) is 12.3 Å². The van der Waals surface area contributed by atoms with E-state index in [0.717, 1.165) is 35.7 Å². The number of amides is 1. The number of para-hydroxylation sites is 1. The van der Waals surface area contributed by atoms with Crippen LogP contribution in [0.5, 0.6) is 5.75 Å². The Bertz CT molecular complexity index is 1480. The smallest absolute Gasteiger partial charge is 0.274 e. The highest BCUT2D eigenvalue weighted by Gasteiger charge is 2.27. The molecular weight excluding hydrogens is 498 g/mol. The van der Waals surface area contributed by atoms with Crippen LogP contribution in [-0.2, 0) is 11.3 Å². The van der Waals surface area contributed by atoms with Gasteiger partial charge < -0.3 is 24.3 Å². The number of anilines is 2. The molecule has 7 rings (SSSR count). The first-order valence-corrected chi connectivity index (χ1v) is 13.5. The molecule has 0 unspecified atom stereocenters. The molecule has 204 valence electrons. The van der Waals surface area contributed by atoms with Gasteiger partial charge in [0.15, 0.2) is 11.6 Å². The van der Waals surface area contributed by atoms with Crippen LogP contribution in [0.3, 0.4) is 0 Å². The lowest BCUT2D eigenvalue weighted by atomic mass is 10.1. The van der Waals surface area contributed by atoms with E-state index in [1.165, 1.54) is 12.8 Å². The van der Waals surface area contributed by atoms with E-state index in [1.54, 1.807) is 16.9 Å². The fourth-order valence-corrected chi connectivity index (χ4v) is 4.81. The summed E-state index contributed by atoms with van der Waals surface area (Å²) in [6.45, 7) is 7.74. The molecule has 5 heterocycles. The highest BCUT2D eigenvalue weighted by Crippen LogP contribution is 2.40. The third-order valence-corrected chi connectivity index (χ3v) is 6.91. The molecule has 1 N–H and O–H groups in total. The average Bonchev–Trinajstić information content (AvgIpc) is 3.59. The number of benzene rings is 1. The standard InChI is InChI=1S/C25H25N9O3.C2H6.H2/c35-25(28-18-3-1-2-17-23(18)37-11-8-34-24(17)29-30-31-34)19-12-21(33-14-20(27-15-33)16-4-5-16)22(13-26-19)32-6-9-36-10-7-32;1-2;/h1-3,12-16H,4-11H2,(H,28,35);1-2H3;1H. The second kappa shape index (κ2) is 10.8. The highest BCUT2D eigenvalue weighted by atomic mass is 16.5. The highest BCUT2D eigenvalue weighted by molar-refractivity contribution is 6.05. The minimum absolute atomic E-state index is 0. The minimum atomic E-state index is -0.335. The van der Waals surface area contributed by atoms with Gasteiger partial charge in [-0.3, -0.25) is 4.79 Å². The zero-order valence-corrected chi connectivity index (χ0v) is 22.1. The van der Waals surface area contributed by atoms with Crippen molar-refractivity contribution in [3.05, 3.63) is 54.4 Å². The number of carbonyl (C=O) groups excluding carboxylic acids is 1. The van der Waals surface area contributed by atoms with E-state index >= 15 is 0 Å². The van der Waals surface area contributed by atoms with Gasteiger partial charge in [0.25, 0.3) is 5.91 Å². The van der Waals surface area contributed by atoms with E-state index in [9.17, 15) is 4.79 Å². The molecule has 3 aromatic heterocycles. The predicted octanol–water partition coefficient (Wildman–Crippen LogP) is 3.55. The van der Waals surface area contributed by atoms with E-state index in [1.807, 2.05) is 42.9 Å². The molecule has 1 aliphatic carbocycles. The Morgan fingerprint density at radius 3 is 2.74 bits per heavy atom. The van der Waals surface area contributed by atoms with Crippen molar-refractivity contribution >= 4 is 17.3 Å². The molecule has 2 aliphatic heterocycles. The molecule has 12 nitrogen and oxygen atoms in total. The van der Waals surface area contributed by atoms with Crippen LogP contribution < -0.4 is 15.0 Å². The third kappa shape index (κ3) is 4.94. The van der Waals surface area contributed by atoms with E-state index in [0.29, 0.717) is 55.2 Å². The van der Waals surface area contributed by atoms with Crippen LogP contribution in [0.2, 0.25) is 0 Å². The maximum Gasteiger partial charge on any atom is 0.274 e. The number of tetrazole rings is 1. The number of fused-ring (bicyclic) bond motifs is 3. The lowest BCUT2D eigenvalue weighted by molar-refractivity contribution is 0.102. The van der Waals surface area contributed by atoms with Crippen molar-refractivity contribution in [1.29, 1.82) is 0 Å². The Kier molecular flexibility index (Phi) is 6.93. The van der Waals surface area contributed by atoms with Crippen LogP contribution in [0.1, 0.15) is 50.2 Å². The van der Waals surface area contributed by atoms with E-state index in [2.05, 4.69) is 41.9 Å². The van der Waals surface area contributed by atoms with Gasteiger partial charge in [0, 0.05) is 26.6 Å². The number of nitrogens with zero attached hydrogens (tertiary/aromatic N) is 8. The van der Waals surface area contributed by atoms with Crippen molar-refractivity contribution in [2.75, 3.05) is 43.1 Å². The molecule has 4 aromatic rings. The molecule has 0 radical (unpaired) electrons. The summed E-state index contributed by atoms with van der Waals surface area (Å²) in [6, 6.07) is 7.34. The van der Waals surface area contributed by atoms with Crippen molar-refractivity contribution in [2.24, 2.45) is 0 Å². The lowest BCUT2D eigenvalue weighted by Gasteiger charge is -2.30. The molecule has 3 aliphatic rings. The Hall–Kier alpha value is -4.32. The zero-order valence-electron chi connectivity index (χ0n) is 22.1. The third-order valence-electron chi connectivity index (χ3n) is 6.91. The van der Waals surface area contributed by atoms with Crippen LogP contribution in [0, 0.1) is 0 Å². The normalized spacial score (nSPS) is 16.2. The molecule has 1 saturated heterocycles. The first-order valence-electron chi connectivity index (χ1n) is 13.5. The van der Waals surface area contributed by atoms with Crippen LogP contribution in [0.4, 0.5) is 11.4 Å². The monoisotopic (exact) mass is 531 g/mol. The first-order chi connectivity index (χ1) is 19.2. The van der Waals surface area contributed by atoms with Gasteiger partial charge in [-0.15, -0.1) is 5.10 Å². The SMILES string of the molecule is CC.O=C(Nc1cccc2c1OCCn1nnnc1-2)c1cc(-n2cnc(C3CC3)c2)c(N2CCOCC2)cn1.[HH]. The fourth-order valence-electron chi connectivity index (χ4n) is 4.81. The van der Waals surface area contributed by atoms with Crippen LogP contribution in [-0.4, -0.2) is 73.6 Å². The Labute approximate surface area is 227 Å². The summed E-state index contributed by atoms with van der Waals surface area (Å²) in [5.74, 6) is 1.34. The van der Waals surface area contributed by atoms with Gasteiger partial charge in [0.2, 0.25) is 0 Å². The van der Waals surface area contributed by atoms with E-state index in [-0.39, 0.29) is 7.33 Å². The molecule has 0 bridgehead atoms. The van der Waals surface area contributed by atoms with Crippen molar-refractivity contribution in [3.63, 3.8) is 0 Å². The minimum Gasteiger partial charge on any atom is -0.489 e. The number of morpholine rings is 1. The molecule has 1 amide bonds. The van der Waals surface area contributed by atoms with E-state index < -0.39 is 0 Å². The Morgan fingerprint density at radius 1 is 1.08 bits per heavy atom. The molecule has 12 heteroatoms. The van der Waals surface area contributed by atoms with Crippen molar-refractivity contribution in [2.45, 2.75) is 39.2 Å². The molecule has 0 spiro atoms. The summed E-state index contributed by atoms with van der Waals surface area (Å²) >= 11 is 0. The number of pyridine rings is 1. The number of nitrogens with one attached hydrogen (secondary N) is 1. The number of carbonyl (C=O) groups is 1. The van der Waals surface area contributed by atoms with Gasteiger partial charge >= 0.3 is 0 Å². The second-order valence-corrected chi connectivity index (χ2v) is 9.35. The van der Waals surface area contributed by atoms with Gasteiger partial charge in [-0.25, -0.2) is 14.6 Å². The molecular formula is C27H33N9O3. The quantitative estimate of drug-likeness (QED) is 0.411. The lowest BCUT2D eigenvalue weighted by Crippen LogP contribution is -2.37. The molecule has 2 fully saturated rings. The second-order valence-electron chi connectivity index (χ2n) is 9.35. The van der Waals surface area contributed by atoms with Crippen molar-refractivity contribution in [3.8, 4) is 22.8 Å². The van der Waals surface area contributed by atoms with Crippen LogP contribution in [0.25, 0.3) is 17.1 Å². The molecule has 1 aromatic carbocycles. The van der Waals surface area contributed by atoms with Gasteiger partial charge in [-0.1, -0.05) is 19.9 Å². The summed E-state index contributed by atoms with van der Waals surface area (Å²) in [4.78, 5) is 24.8. The fraction of sp³-hybridized carbons (Fsp3) is 0.407. The molecule has 0 atom stereocenters. The van der Waals surface area contributed by atoms with E-state index in [4.69, 9.17) is 9.47 Å². The summed E-state index contributed by atoms with van der Waals surface area (Å²) < 4.78 is 15.2. The number of aromatic nitrogens is 7. The Balaban J connectivity index is 0.00000105. The average molecular weight is 532 g/mol. The number of hydrogen-bond acceptors (Lipinski definition) is 9. The van der Waals surface area contributed by atoms with Crippen LogP contribution >= 0.6 is 0 Å². The van der Waals surface area contributed by atoms with Crippen molar-refractivity contribution < 1.29 is 15.7 Å². The number of imidazole rings is 1. The largest absolute Gasteiger partial charge is 0.489 e. The number of rotatable bonds is 5. The maximum absolute atomic E-state index is 13.4. The van der Waals surface area contributed by atoms with Crippen molar-refractivity contribution in [1.82, 2.24) is 34.7 Å². The predicted molar refractivity (Wildman–Crippen MR) is 147 cm³/mol. The summed E-state index contributed by atoms with van der Waals surface area (Å²) in [5, 5.41) is 14.9. The number of hydrogen-bond donors (Lipinski definition) is 1. The Morgan fingerprint density at radius 2 is 1.92 bits per heavy atom. The van der Waals surface area contributed by atoms with Gasteiger partial charge in [-0.05, 0) is 41.5 Å². The molecule has 39 heavy (non-hydrogen) atoms. The van der Waals surface area contributed by atoms with Crippen LogP contribution in [0.15, 0.2) is 43.0 Å². The van der Waals surface area contributed by atoms with Gasteiger partial charge in [-0.2, -0.15) is 0 Å². The van der Waals surface area contributed by atoms with Gasteiger partial charge in [0.05, 0.1) is 60.6 Å². The maximum atomic E-state index is 13.4. The summed E-state index contributed by atoms with van der Waals surface area (Å²) in [7, 11) is 0. The topological polar surface area (TPSA) is 125 Å². The summed E-state index contributed by atoms with van der Waals surface area (Å²) in [5.41, 5.74) is 4.46.